The van der Waals surface area contributed by atoms with Crippen LogP contribution in [0.5, 0.6) is 0 Å². The van der Waals surface area contributed by atoms with Crippen LogP contribution in [-0.4, -0.2) is 20.0 Å². The van der Waals surface area contributed by atoms with Gasteiger partial charge in [0.2, 0.25) is 10.0 Å². The van der Waals surface area contributed by atoms with Crippen LogP contribution in [0, 0.1) is 16.7 Å². The van der Waals surface area contributed by atoms with Crippen molar-refractivity contribution < 1.29 is 13.2 Å². The molecule has 2 aliphatic carbocycles. The first-order chi connectivity index (χ1) is 10.2. The molecule has 2 aliphatic rings. The highest BCUT2D eigenvalue weighted by atomic mass is 32.2. The van der Waals surface area contributed by atoms with Gasteiger partial charge in [0.1, 0.15) is 0 Å². The van der Waals surface area contributed by atoms with Gasteiger partial charge < -0.3 is 0 Å². The zero-order valence-electron chi connectivity index (χ0n) is 12.9. The van der Waals surface area contributed by atoms with Crippen LogP contribution < -0.4 is 5.14 Å². The van der Waals surface area contributed by atoms with Crippen molar-refractivity contribution in [2.45, 2.75) is 26.7 Å². The molecule has 1 aromatic rings. The van der Waals surface area contributed by atoms with E-state index in [1.165, 1.54) is 0 Å². The highest BCUT2D eigenvalue weighted by molar-refractivity contribution is 7.89. The Bertz CT molecular complexity index is 749. The Morgan fingerprint density at radius 1 is 1.27 bits per heavy atom. The Labute approximate surface area is 131 Å². The molecule has 0 spiro atoms. The highest BCUT2D eigenvalue weighted by Crippen LogP contribution is 2.66. The van der Waals surface area contributed by atoms with E-state index in [2.05, 4.69) is 0 Å². The molecule has 0 aliphatic heterocycles. The average Bonchev–Trinajstić information content (AvgIpc) is 2.73. The molecule has 2 N–H and O–H groups in total. The molecule has 2 unspecified atom stereocenters. The first kappa shape index (κ1) is 15.4. The SMILES string of the molecule is CC1(C)C2CCC1(CS(N)(=O)=O)C(=O)/C2=C\c1ccccc1. The lowest BCUT2D eigenvalue weighted by Crippen LogP contribution is -2.44. The van der Waals surface area contributed by atoms with Gasteiger partial charge in [-0.2, -0.15) is 0 Å². The van der Waals surface area contributed by atoms with Gasteiger partial charge in [-0.25, -0.2) is 13.6 Å². The number of benzene rings is 1. The van der Waals surface area contributed by atoms with Crippen LogP contribution in [-0.2, 0) is 14.8 Å². The zero-order chi connectivity index (χ0) is 16.2. The molecule has 2 saturated carbocycles. The Kier molecular flexibility index (Phi) is 3.34. The van der Waals surface area contributed by atoms with E-state index in [0.717, 1.165) is 17.6 Å². The molecule has 22 heavy (non-hydrogen) atoms. The average molecular weight is 319 g/mol. The summed E-state index contributed by atoms with van der Waals surface area (Å²) in [7, 11) is -3.70. The summed E-state index contributed by atoms with van der Waals surface area (Å²) in [6.07, 6.45) is 3.36. The van der Waals surface area contributed by atoms with Crippen molar-refractivity contribution in [3.05, 3.63) is 41.5 Å². The molecule has 5 heteroatoms. The number of nitrogens with two attached hydrogens (primary N) is 1. The first-order valence-corrected chi connectivity index (χ1v) is 9.21. The Morgan fingerprint density at radius 3 is 2.50 bits per heavy atom. The fourth-order valence-corrected chi connectivity index (χ4v) is 5.69. The van der Waals surface area contributed by atoms with Crippen LogP contribution in [0.3, 0.4) is 0 Å². The summed E-state index contributed by atoms with van der Waals surface area (Å²) < 4.78 is 23.3. The van der Waals surface area contributed by atoms with Gasteiger partial charge in [0, 0.05) is 5.57 Å². The molecule has 118 valence electrons. The van der Waals surface area contributed by atoms with Crippen LogP contribution in [0.1, 0.15) is 32.3 Å². The lowest BCUT2D eigenvalue weighted by Gasteiger charge is -2.34. The molecule has 0 radical (unpaired) electrons. The molecular weight excluding hydrogens is 298 g/mol. The van der Waals surface area contributed by atoms with Gasteiger partial charge in [-0.05, 0) is 35.8 Å². The second kappa shape index (κ2) is 4.77. The second-order valence-corrected chi connectivity index (χ2v) is 8.66. The summed E-state index contributed by atoms with van der Waals surface area (Å²) in [5.74, 6) is -0.192. The molecule has 2 fully saturated rings. The number of carbonyl (C=O) groups is 1. The minimum atomic E-state index is -3.70. The van der Waals surface area contributed by atoms with Gasteiger partial charge in [-0.15, -0.1) is 0 Å². The molecule has 0 saturated heterocycles. The fourth-order valence-electron chi connectivity index (χ4n) is 4.35. The van der Waals surface area contributed by atoms with E-state index in [4.69, 9.17) is 5.14 Å². The largest absolute Gasteiger partial charge is 0.294 e. The van der Waals surface area contributed by atoms with Gasteiger partial charge >= 0.3 is 0 Å². The predicted octanol–water partition coefficient (Wildman–Crippen LogP) is 2.36. The number of primary sulfonamides is 1. The summed E-state index contributed by atoms with van der Waals surface area (Å²) >= 11 is 0. The van der Waals surface area contributed by atoms with E-state index in [9.17, 15) is 13.2 Å². The van der Waals surface area contributed by atoms with E-state index in [1.54, 1.807) is 0 Å². The molecular formula is C17H21NO3S. The third-order valence-electron chi connectivity index (χ3n) is 5.61. The maximum Gasteiger partial charge on any atom is 0.210 e. The van der Waals surface area contributed by atoms with Crippen molar-refractivity contribution in [2.24, 2.45) is 21.9 Å². The molecule has 4 nitrogen and oxygen atoms in total. The quantitative estimate of drug-likeness (QED) is 0.869. The molecule has 0 heterocycles. The number of rotatable bonds is 3. The summed E-state index contributed by atoms with van der Waals surface area (Å²) in [4.78, 5) is 13.0. The Hall–Kier alpha value is -1.46. The van der Waals surface area contributed by atoms with Crippen molar-refractivity contribution in [2.75, 3.05) is 5.75 Å². The Balaban J connectivity index is 2.09. The molecule has 0 aromatic heterocycles. The fraction of sp³-hybridized carbons (Fsp3) is 0.471. The number of ketones is 1. The maximum absolute atomic E-state index is 13.0. The summed E-state index contributed by atoms with van der Waals surface area (Å²) in [5, 5.41) is 5.28. The van der Waals surface area contributed by atoms with Crippen molar-refractivity contribution in [3.8, 4) is 0 Å². The third kappa shape index (κ3) is 2.15. The second-order valence-electron chi connectivity index (χ2n) is 7.04. The lowest BCUT2D eigenvalue weighted by atomic mass is 9.70. The predicted molar refractivity (Wildman–Crippen MR) is 86.3 cm³/mol. The van der Waals surface area contributed by atoms with Crippen LogP contribution in [0.15, 0.2) is 35.9 Å². The van der Waals surface area contributed by atoms with Gasteiger partial charge in [0.25, 0.3) is 0 Å². The lowest BCUT2D eigenvalue weighted by molar-refractivity contribution is -0.125. The Morgan fingerprint density at radius 2 is 1.91 bits per heavy atom. The summed E-state index contributed by atoms with van der Waals surface area (Å²) in [5.41, 5.74) is 0.481. The van der Waals surface area contributed by atoms with Gasteiger partial charge in [0.15, 0.2) is 5.78 Å². The van der Waals surface area contributed by atoms with E-state index < -0.39 is 15.4 Å². The smallest absolute Gasteiger partial charge is 0.210 e. The number of hydrogen-bond donors (Lipinski definition) is 1. The van der Waals surface area contributed by atoms with Crippen LogP contribution in [0.25, 0.3) is 6.08 Å². The number of sulfonamides is 1. The summed E-state index contributed by atoms with van der Waals surface area (Å²) in [6, 6.07) is 9.68. The van der Waals surface area contributed by atoms with Gasteiger partial charge in [-0.3, -0.25) is 4.79 Å². The van der Waals surface area contributed by atoms with E-state index in [-0.39, 0.29) is 22.9 Å². The number of hydrogen-bond acceptors (Lipinski definition) is 3. The normalized spacial score (nSPS) is 31.9. The molecule has 2 bridgehead atoms. The maximum atomic E-state index is 13.0. The van der Waals surface area contributed by atoms with Crippen LogP contribution in [0.2, 0.25) is 0 Å². The first-order valence-electron chi connectivity index (χ1n) is 7.49. The molecule has 2 atom stereocenters. The zero-order valence-corrected chi connectivity index (χ0v) is 13.7. The topological polar surface area (TPSA) is 77.2 Å². The van der Waals surface area contributed by atoms with Crippen molar-refractivity contribution >= 4 is 21.9 Å². The number of carbonyl (C=O) groups excluding carboxylic acids is 1. The highest BCUT2D eigenvalue weighted by Gasteiger charge is 2.67. The minimum absolute atomic E-state index is 0.0355. The van der Waals surface area contributed by atoms with Crippen LogP contribution in [0.4, 0.5) is 0 Å². The molecule has 1 aromatic carbocycles. The van der Waals surface area contributed by atoms with Crippen LogP contribution >= 0.6 is 0 Å². The van der Waals surface area contributed by atoms with Crippen molar-refractivity contribution in [1.29, 1.82) is 0 Å². The number of allylic oxidation sites excluding steroid dienone is 1. The summed E-state index contributed by atoms with van der Waals surface area (Å²) in [6.45, 7) is 4.00. The standard InChI is InChI=1S/C17H21NO3S/c1-16(2)14-8-9-17(16,11-22(18,20)21)15(19)13(14)10-12-6-4-3-5-7-12/h3-7,10,14H,8-9,11H2,1-2H3,(H2,18,20,21)/b13-10-. The molecule has 3 rings (SSSR count). The van der Waals surface area contributed by atoms with E-state index in [0.29, 0.717) is 6.42 Å². The monoisotopic (exact) mass is 319 g/mol. The van der Waals surface area contributed by atoms with Crippen molar-refractivity contribution in [3.63, 3.8) is 0 Å². The van der Waals surface area contributed by atoms with Gasteiger partial charge in [-0.1, -0.05) is 44.2 Å². The molecule has 0 amide bonds. The minimum Gasteiger partial charge on any atom is -0.294 e. The number of Topliss-reactive ketones (excluding diaryl/α,β-unsaturated/α-hetero) is 1. The number of fused-ring (bicyclic) bond motifs is 2. The van der Waals surface area contributed by atoms with E-state index >= 15 is 0 Å². The van der Waals surface area contributed by atoms with Crippen molar-refractivity contribution in [1.82, 2.24) is 0 Å². The third-order valence-corrected chi connectivity index (χ3v) is 6.50. The van der Waals surface area contributed by atoms with E-state index in [1.807, 2.05) is 50.3 Å². The van der Waals surface area contributed by atoms with Gasteiger partial charge in [0.05, 0.1) is 11.2 Å².